The van der Waals surface area contributed by atoms with Crippen LogP contribution in [0.15, 0.2) is 23.1 Å². The lowest BCUT2D eigenvalue weighted by Crippen LogP contribution is -2.11. The molecule has 0 heterocycles. The zero-order chi connectivity index (χ0) is 12.6. The average Bonchev–Trinajstić information content (AvgIpc) is 1.97. The van der Waals surface area contributed by atoms with Gasteiger partial charge in [0.2, 0.25) is 0 Å². The number of rotatable bonds is 1. The highest BCUT2D eigenvalue weighted by Crippen LogP contribution is 2.42. The molecule has 0 unspecified atom stereocenters. The first-order chi connectivity index (χ1) is 7.09. The average molecular weight is 269 g/mol. The Morgan fingerprint density at radius 2 is 1.69 bits per heavy atom. The first-order valence-electron chi connectivity index (χ1n) is 4.65. The van der Waals surface area contributed by atoms with E-state index in [1.54, 1.807) is 0 Å². The lowest BCUT2D eigenvalue weighted by Gasteiger charge is -2.21. The van der Waals surface area contributed by atoms with Crippen molar-refractivity contribution in [1.82, 2.24) is 0 Å². The highest BCUT2D eigenvalue weighted by molar-refractivity contribution is 8.00. The van der Waals surface area contributed by atoms with Gasteiger partial charge < -0.3 is 0 Å². The van der Waals surface area contributed by atoms with E-state index >= 15 is 0 Å². The van der Waals surface area contributed by atoms with E-state index in [0.717, 1.165) is 17.8 Å². The van der Waals surface area contributed by atoms with E-state index < -0.39 is 11.7 Å². The molecule has 1 rings (SSSR count). The maximum absolute atomic E-state index is 12.7. The van der Waals surface area contributed by atoms with Crippen molar-refractivity contribution in [2.75, 3.05) is 0 Å². The SMILES string of the molecule is CC(C)(C)Sc1cc(Cl)ccc1C(F)(F)F. The summed E-state index contributed by atoms with van der Waals surface area (Å²) in [5.41, 5.74) is -0.628. The van der Waals surface area contributed by atoms with Crippen LogP contribution in [0.2, 0.25) is 5.02 Å². The number of benzene rings is 1. The summed E-state index contributed by atoms with van der Waals surface area (Å²) in [4.78, 5) is 0.174. The minimum atomic E-state index is -4.34. The minimum absolute atomic E-state index is 0.174. The molecule has 0 saturated carbocycles. The van der Waals surface area contributed by atoms with Gasteiger partial charge >= 0.3 is 6.18 Å². The second kappa shape index (κ2) is 4.49. The van der Waals surface area contributed by atoms with Crippen LogP contribution in [0.1, 0.15) is 26.3 Å². The molecular weight excluding hydrogens is 257 g/mol. The molecule has 0 aliphatic rings. The monoisotopic (exact) mass is 268 g/mol. The molecule has 1 aromatic carbocycles. The van der Waals surface area contributed by atoms with Crippen LogP contribution < -0.4 is 0 Å². The van der Waals surface area contributed by atoms with E-state index in [-0.39, 0.29) is 9.64 Å². The fraction of sp³-hybridized carbons (Fsp3) is 0.455. The molecule has 0 radical (unpaired) electrons. The topological polar surface area (TPSA) is 0 Å². The van der Waals surface area contributed by atoms with Gasteiger partial charge in [0.15, 0.2) is 0 Å². The van der Waals surface area contributed by atoms with Crippen molar-refractivity contribution in [3.05, 3.63) is 28.8 Å². The van der Waals surface area contributed by atoms with Gasteiger partial charge in [0.1, 0.15) is 0 Å². The quantitative estimate of drug-likeness (QED) is 0.627. The molecule has 0 aliphatic carbocycles. The third kappa shape index (κ3) is 3.91. The maximum Gasteiger partial charge on any atom is 0.417 e. The van der Waals surface area contributed by atoms with Gasteiger partial charge in [0.25, 0.3) is 0 Å². The summed E-state index contributed by atoms with van der Waals surface area (Å²) in [6.07, 6.45) is -4.34. The lowest BCUT2D eigenvalue weighted by molar-refractivity contribution is -0.139. The van der Waals surface area contributed by atoms with E-state index in [2.05, 4.69) is 0 Å². The predicted molar refractivity (Wildman–Crippen MR) is 62.1 cm³/mol. The Labute approximate surface area is 102 Å². The Bertz CT molecular complexity index is 380. The third-order valence-electron chi connectivity index (χ3n) is 1.67. The van der Waals surface area contributed by atoms with Crippen LogP contribution in [0.3, 0.4) is 0 Å². The molecule has 0 atom stereocenters. The molecule has 0 aliphatic heterocycles. The number of alkyl halides is 3. The predicted octanol–water partition coefficient (Wildman–Crippen LogP) is 5.25. The van der Waals surface area contributed by atoms with Gasteiger partial charge in [-0.1, -0.05) is 32.4 Å². The number of hydrogen-bond acceptors (Lipinski definition) is 1. The van der Waals surface area contributed by atoms with Gasteiger partial charge in [-0.3, -0.25) is 0 Å². The molecule has 0 aromatic heterocycles. The highest BCUT2D eigenvalue weighted by atomic mass is 35.5. The summed E-state index contributed by atoms with van der Waals surface area (Å²) in [5.74, 6) is 0. The van der Waals surface area contributed by atoms with Crippen LogP contribution in [0.5, 0.6) is 0 Å². The standard InChI is InChI=1S/C11H12ClF3S/c1-10(2,3)16-9-6-7(12)4-5-8(9)11(13,14)15/h4-6H,1-3H3. The normalized spacial score (nSPS) is 12.9. The largest absolute Gasteiger partial charge is 0.417 e. The molecule has 0 N–H and O–H groups in total. The fourth-order valence-corrected chi connectivity index (χ4v) is 2.52. The van der Waals surface area contributed by atoms with Gasteiger partial charge in [-0.2, -0.15) is 13.2 Å². The lowest BCUT2D eigenvalue weighted by atomic mass is 10.2. The van der Waals surface area contributed by atoms with Crippen LogP contribution in [-0.4, -0.2) is 4.75 Å². The summed E-state index contributed by atoms with van der Waals surface area (Å²) in [5, 5.41) is 0.319. The van der Waals surface area contributed by atoms with Crippen molar-refractivity contribution in [2.45, 2.75) is 36.6 Å². The van der Waals surface area contributed by atoms with Crippen LogP contribution in [0.25, 0.3) is 0 Å². The third-order valence-corrected chi connectivity index (χ3v) is 3.07. The van der Waals surface area contributed by atoms with E-state index in [1.807, 2.05) is 20.8 Å². The second-order valence-corrected chi connectivity index (χ2v) is 6.66. The summed E-state index contributed by atoms with van der Waals surface area (Å²) in [6, 6.07) is 3.65. The first kappa shape index (κ1) is 13.7. The Balaban J connectivity index is 3.19. The minimum Gasteiger partial charge on any atom is -0.166 e. The van der Waals surface area contributed by atoms with E-state index in [4.69, 9.17) is 11.6 Å². The Kier molecular flexibility index (Phi) is 3.85. The van der Waals surface area contributed by atoms with Crippen molar-refractivity contribution in [3.63, 3.8) is 0 Å². The van der Waals surface area contributed by atoms with E-state index in [1.165, 1.54) is 12.1 Å². The molecule has 1 aromatic rings. The van der Waals surface area contributed by atoms with Gasteiger partial charge in [-0.25, -0.2) is 0 Å². The first-order valence-corrected chi connectivity index (χ1v) is 5.85. The molecule has 0 amide bonds. The highest BCUT2D eigenvalue weighted by Gasteiger charge is 2.34. The summed E-state index contributed by atoms with van der Waals surface area (Å²) < 4.78 is 37.8. The fourth-order valence-electron chi connectivity index (χ4n) is 1.14. The zero-order valence-electron chi connectivity index (χ0n) is 9.15. The molecule has 0 bridgehead atoms. The molecule has 0 nitrogen and oxygen atoms in total. The van der Waals surface area contributed by atoms with Crippen molar-refractivity contribution in [2.24, 2.45) is 0 Å². The Morgan fingerprint density at radius 3 is 2.12 bits per heavy atom. The van der Waals surface area contributed by atoms with Crippen LogP contribution >= 0.6 is 23.4 Å². The Morgan fingerprint density at radius 1 is 1.12 bits per heavy atom. The van der Waals surface area contributed by atoms with Gasteiger partial charge in [-0.15, -0.1) is 11.8 Å². The summed E-state index contributed by atoms with van der Waals surface area (Å²) >= 11 is 6.88. The van der Waals surface area contributed by atoms with Gasteiger partial charge in [0, 0.05) is 14.7 Å². The maximum atomic E-state index is 12.7. The van der Waals surface area contributed by atoms with E-state index in [9.17, 15) is 13.2 Å². The molecule has 90 valence electrons. The molecular formula is C11H12ClF3S. The molecule has 5 heteroatoms. The summed E-state index contributed by atoms with van der Waals surface area (Å²) in [6.45, 7) is 5.58. The van der Waals surface area contributed by atoms with Crippen LogP contribution in [-0.2, 0) is 6.18 Å². The van der Waals surface area contributed by atoms with Crippen LogP contribution in [0.4, 0.5) is 13.2 Å². The molecule has 0 fully saturated rings. The zero-order valence-corrected chi connectivity index (χ0v) is 10.7. The van der Waals surface area contributed by atoms with Crippen LogP contribution in [0, 0.1) is 0 Å². The van der Waals surface area contributed by atoms with Crippen molar-refractivity contribution in [3.8, 4) is 0 Å². The summed E-state index contributed by atoms with van der Waals surface area (Å²) in [7, 11) is 0. The number of halogens is 4. The number of thioether (sulfide) groups is 1. The number of hydrogen-bond donors (Lipinski definition) is 0. The smallest absolute Gasteiger partial charge is 0.166 e. The molecule has 16 heavy (non-hydrogen) atoms. The molecule has 0 spiro atoms. The van der Waals surface area contributed by atoms with Gasteiger partial charge in [-0.05, 0) is 18.2 Å². The van der Waals surface area contributed by atoms with Gasteiger partial charge in [0.05, 0.1) is 5.56 Å². The second-order valence-electron chi connectivity index (χ2n) is 4.35. The van der Waals surface area contributed by atoms with Crippen molar-refractivity contribution >= 4 is 23.4 Å². The van der Waals surface area contributed by atoms with E-state index in [0.29, 0.717) is 5.02 Å². The van der Waals surface area contributed by atoms with Crippen molar-refractivity contribution < 1.29 is 13.2 Å². The molecule has 0 saturated heterocycles. The Hall–Kier alpha value is -0.350. The van der Waals surface area contributed by atoms with Crippen molar-refractivity contribution in [1.29, 1.82) is 0 Å².